The monoisotopic (exact) mass is 366 g/mol. The average molecular weight is 367 g/mol. The van der Waals surface area contributed by atoms with Crippen molar-refractivity contribution in [1.82, 2.24) is 5.32 Å². The summed E-state index contributed by atoms with van der Waals surface area (Å²) in [4.78, 5) is 24.0. The van der Waals surface area contributed by atoms with Gasteiger partial charge in [0.25, 0.3) is 0 Å². The van der Waals surface area contributed by atoms with E-state index in [4.69, 9.17) is 0 Å². The van der Waals surface area contributed by atoms with Crippen LogP contribution in [-0.2, 0) is 9.59 Å². The molecule has 0 radical (unpaired) electrons. The molecule has 0 aliphatic heterocycles. The highest BCUT2D eigenvalue weighted by Gasteiger charge is 2.17. The molecule has 0 aromatic heterocycles. The molecule has 0 atom stereocenters. The van der Waals surface area contributed by atoms with Gasteiger partial charge in [0.1, 0.15) is 6.42 Å². The Morgan fingerprint density at radius 3 is 2.45 bits per heavy atom. The summed E-state index contributed by atoms with van der Waals surface area (Å²) in [5.74, 6) is -0.469. The second-order valence-electron chi connectivity index (χ2n) is 5.96. The normalized spacial score (nSPS) is 15.9. The van der Waals surface area contributed by atoms with Crippen LogP contribution in [0.3, 0.4) is 0 Å². The third kappa shape index (κ3) is 5.44. The Bertz CT molecular complexity index is 537. The molecule has 1 saturated carbocycles. The number of carbonyl (C=O) groups is 2. The molecule has 1 aliphatic carbocycles. The lowest BCUT2D eigenvalue weighted by molar-refractivity contribution is -0.127. The molecule has 2 amide bonds. The number of hydrogen-bond acceptors (Lipinski definition) is 2. The van der Waals surface area contributed by atoms with E-state index in [0.717, 1.165) is 35.7 Å². The van der Waals surface area contributed by atoms with Gasteiger partial charge in [-0.15, -0.1) is 0 Å². The van der Waals surface area contributed by atoms with Crippen molar-refractivity contribution in [3.8, 4) is 0 Å². The first-order chi connectivity index (χ1) is 10.5. The van der Waals surface area contributed by atoms with Crippen molar-refractivity contribution in [3.05, 3.63) is 28.2 Å². The third-order valence-corrected chi connectivity index (χ3v) is 4.60. The third-order valence-electron chi connectivity index (χ3n) is 3.94. The highest BCUT2D eigenvalue weighted by atomic mass is 79.9. The van der Waals surface area contributed by atoms with Gasteiger partial charge in [-0.3, -0.25) is 9.59 Å². The highest BCUT2D eigenvalue weighted by Crippen LogP contribution is 2.23. The van der Waals surface area contributed by atoms with Crippen molar-refractivity contribution < 1.29 is 9.59 Å². The van der Waals surface area contributed by atoms with E-state index in [1.807, 2.05) is 25.1 Å². The van der Waals surface area contributed by atoms with Crippen LogP contribution in [0.5, 0.6) is 0 Å². The maximum atomic E-state index is 12.0. The van der Waals surface area contributed by atoms with Crippen molar-refractivity contribution >= 4 is 33.4 Å². The molecule has 120 valence electrons. The fourth-order valence-corrected chi connectivity index (χ4v) is 3.36. The number of nitrogens with one attached hydrogen (secondary N) is 2. The predicted molar refractivity (Wildman–Crippen MR) is 91.8 cm³/mol. The lowest BCUT2D eigenvalue weighted by Gasteiger charge is -2.16. The minimum absolute atomic E-state index is 0.128. The number of anilines is 1. The summed E-state index contributed by atoms with van der Waals surface area (Å²) < 4.78 is 0.824. The fraction of sp³-hybridized carbons (Fsp3) is 0.529. The van der Waals surface area contributed by atoms with Gasteiger partial charge in [0.05, 0.1) is 5.69 Å². The Labute approximate surface area is 140 Å². The molecule has 1 aromatic rings. The number of rotatable bonds is 4. The van der Waals surface area contributed by atoms with E-state index >= 15 is 0 Å². The van der Waals surface area contributed by atoms with Gasteiger partial charge in [-0.2, -0.15) is 0 Å². The Balaban J connectivity index is 1.81. The van der Waals surface area contributed by atoms with E-state index in [2.05, 4.69) is 26.6 Å². The molecule has 1 fully saturated rings. The van der Waals surface area contributed by atoms with Crippen LogP contribution >= 0.6 is 15.9 Å². The zero-order valence-electron chi connectivity index (χ0n) is 13.0. The van der Waals surface area contributed by atoms with Gasteiger partial charge in [0, 0.05) is 10.5 Å². The summed E-state index contributed by atoms with van der Waals surface area (Å²) in [5, 5.41) is 5.76. The van der Waals surface area contributed by atoms with Gasteiger partial charge in [0.15, 0.2) is 0 Å². The van der Waals surface area contributed by atoms with Crippen LogP contribution in [-0.4, -0.2) is 17.9 Å². The molecule has 1 aliphatic rings. The van der Waals surface area contributed by atoms with Crippen LogP contribution in [0.4, 0.5) is 5.69 Å². The second-order valence-corrected chi connectivity index (χ2v) is 6.82. The standard InChI is InChI=1S/C17H23BrN2O2/c1-12-8-9-15(14(18)10-12)20-17(22)11-16(21)19-13-6-4-2-3-5-7-13/h8-10,13H,2-7,11H2,1H3,(H,19,21)(H,20,22). The molecule has 22 heavy (non-hydrogen) atoms. The van der Waals surface area contributed by atoms with Crippen LogP contribution in [0.1, 0.15) is 50.5 Å². The van der Waals surface area contributed by atoms with Crippen molar-refractivity contribution in [3.63, 3.8) is 0 Å². The van der Waals surface area contributed by atoms with Crippen molar-refractivity contribution in [2.24, 2.45) is 0 Å². The first kappa shape index (κ1) is 17.0. The molecule has 0 unspecified atom stereocenters. The van der Waals surface area contributed by atoms with Gasteiger partial charge in [-0.1, -0.05) is 31.7 Å². The Morgan fingerprint density at radius 1 is 1.14 bits per heavy atom. The van der Waals surface area contributed by atoms with E-state index in [-0.39, 0.29) is 24.3 Å². The summed E-state index contributed by atoms with van der Waals surface area (Å²) in [6.07, 6.45) is 6.73. The molecule has 0 spiro atoms. The first-order valence-electron chi connectivity index (χ1n) is 7.90. The second kappa shape index (κ2) is 8.32. The number of benzene rings is 1. The topological polar surface area (TPSA) is 58.2 Å². The zero-order valence-corrected chi connectivity index (χ0v) is 14.5. The smallest absolute Gasteiger partial charge is 0.233 e. The summed E-state index contributed by atoms with van der Waals surface area (Å²) in [5.41, 5.74) is 1.80. The van der Waals surface area contributed by atoms with Crippen LogP contribution < -0.4 is 10.6 Å². The van der Waals surface area contributed by atoms with Gasteiger partial charge in [-0.25, -0.2) is 0 Å². The summed E-state index contributed by atoms with van der Waals surface area (Å²) in [6.45, 7) is 1.98. The molecule has 0 heterocycles. The molecule has 2 rings (SSSR count). The summed E-state index contributed by atoms with van der Waals surface area (Å²) in [7, 11) is 0. The quantitative estimate of drug-likeness (QED) is 0.626. The summed E-state index contributed by atoms with van der Waals surface area (Å²) in [6, 6.07) is 5.92. The summed E-state index contributed by atoms with van der Waals surface area (Å²) >= 11 is 3.41. The Hall–Kier alpha value is -1.36. The lowest BCUT2D eigenvalue weighted by atomic mass is 10.1. The minimum Gasteiger partial charge on any atom is -0.353 e. The fourth-order valence-electron chi connectivity index (χ4n) is 2.76. The highest BCUT2D eigenvalue weighted by molar-refractivity contribution is 9.10. The van der Waals surface area contributed by atoms with Crippen molar-refractivity contribution in [2.75, 3.05) is 5.32 Å². The van der Waals surface area contributed by atoms with Crippen molar-refractivity contribution in [2.45, 2.75) is 57.9 Å². The van der Waals surface area contributed by atoms with Gasteiger partial charge >= 0.3 is 0 Å². The maximum Gasteiger partial charge on any atom is 0.233 e. The van der Waals surface area contributed by atoms with E-state index in [1.54, 1.807) is 0 Å². The lowest BCUT2D eigenvalue weighted by Crippen LogP contribution is -2.36. The molecule has 1 aromatic carbocycles. The molecule has 4 nitrogen and oxygen atoms in total. The minimum atomic E-state index is -0.282. The molecular formula is C17H23BrN2O2. The predicted octanol–water partition coefficient (Wildman–Crippen LogP) is 3.93. The molecule has 2 N–H and O–H groups in total. The van der Waals surface area contributed by atoms with E-state index < -0.39 is 0 Å². The van der Waals surface area contributed by atoms with Gasteiger partial charge in [-0.05, 0) is 53.4 Å². The number of halogens is 1. The maximum absolute atomic E-state index is 12.0. The number of aryl methyl sites for hydroxylation is 1. The van der Waals surface area contributed by atoms with Gasteiger partial charge in [0.2, 0.25) is 11.8 Å². The number of hydrogen-bond donors (Lipinski definition) is 2. The zero-order chi connectivity index (χ0) is 15.9. The van der Waals surface area contributed by atoms with Crippen molar-refractivity contribution in [1.29, 1.82) is 0 Å². The average Bonchev–Trinajstić information content (AvgIpc) is 2.70. The molecular weight excluding hydrogens is 344 g/mol. The largest absolute Gasteiger partial charge is 0.353 e. The molecule has 0 saturated heterocycles. The van der Waals surface area contributed by atoms with E-state index in [0.29, 0.717) is 5.69 Å². The first-order valence-corrected chi connectivity index (χ1v) is 8.69. The van der Waals surface area contributed by atoms with Crippen LogP contribution in [0.25, 0.3) is 0 Å². The Morgan fingerprint density at radius 2 is 1.82 bits per heavy atom. The van der Waals surface area contributed by atoms with Crippen LogP contribution in [0.2, 0.25) is 0 Å². The van der Waals surface area contributed by atoms with Crippen LogP contribution in [0.15, 0.2) is 22.7 Å². The number of amides is 2. The molecule has 0 bridgehead atoms. The van der Waals surface area contributed by atoms with Crippen LogP contribution in [0, 0.1) is 6.92 Å². The molecule has 5 heteroatoms. The Kier molecular flexibility index (Phi) is 6.43. The van der Waals surface area contributed by atoms with Gasteiger partial charge < -0.3 is 10.6 Å². The SMILES string of the molecule is Cc1ccc(NC(=O)CC(=O)NC2CCCCCC2)c(Br)c1. The van der Waals surface area contributed by atoms with E-state index in [9.17, 15) is 9.59 Å². The van der Waals surface area contributed by atoms with E-state index in [1.165, 1.54) is 12.8 Å². The number of carbonyl (C=O) groups excluding carboxylic acids is 2.